The third-order valence-electron chi connectivity index (χ3n) is 3.81. The van der Waals surface area contributed by atoms with Crippen molar-refractivity contribution in [2.45, 2.75) is 20.3 Å². The first-order valence-corrected chi connectivity index (χ1v) is 7.86. The van der Waals surface area contributed by atoms with Gasteiger partial charge in [0, 0.05) is 29.0 Å². The summed E-state index contributed by atoms with van der Waals surface area (Å²) in [6.45, 7) is 4.11. The van der Waals surface area contributed by atoms with E-state index in [1.54, 1.807) is 6.20 Å². The van der Waals surface area contributed by atoms with Crippen LogP contribution >= 0.6 is 15.9 Å². The first kappa shape index (κ1) is 14.6. The monoisotopic (exact) mass is 354 g/mol. The number of fused-ring (bicyclic) bond motifs is 1. The maximum atomic E-state index is 9.34. The van der Waals surface area contributed by atoms with Crippen molar-refractivity contribution < 1.29 is 0 Å². The topological polar surface area (TPSA) is 64.5 Å². The highest BCUT2D eigenvalue weighted by molar-refractivity contribution is 9.10. The largest absolute Gasteiger partial charge is 0.361 e. The minimum absolute atomic E-state index is 0.526. The molecule has 0 spiro atoms. The first-order valence-electron chi connectivity index (χ1n) is 7.07. The van der Waals surface area contributed by atoms with Crippen LogP contribution < -0.4 is 5.32 Å². The molecule has 5 heteroatoms. The molecule has 0 fully saturated rings. The zero-order valence-electron chi connectivity index (χ0n) is 12.4. The van der Waals surface area contributed by atoms with Gasteiger partial charge < -0.3 is 10.3 Å². The number of aryl methyl sites for hydroxylation is 2. The predicted octanol–water partition coefficient (Wildman–Crippen LogP) is 4.81. The van der Waals surface area contributed by atoms with Crippen molar-refractivity contribution in [1.82, 2.24) is 9.97 Å². The maximum absolute atomic E-state index is 9.34. The summed E-state index contributed by atoms with van der Waals surface area (Å²) in [5.41, 5.74) is 5.46. The lowest BCUT2D eigenvalue weighted by atomic mass is 10.1. The molecule has 0 saturated heterocycles. The number of benzene rings is 1. The predicted molar refractivity (Wildman–Crippen MR) is 92.3 cm³/mol. The summed E-state index contributed by atoms with van der Waals surface area (Å²) in [6, 6.07) is 8.31. The number of pyridine rings is 1. The van der Waals surface area contributed by atoms with Gasteiger partial charge in [-0.1, -0.05) is 6.92 Å². The molecule has 22 heavy (non-hydrogen) atoms. The molecule has 110 valence electrons. The number of nitriles is 1. The fourth-order valence-corrected chi connectivity index (χ4v) is 3.23. The Kier molecular flexibility index (Phi) is 3.86. The Hall–Kier alpha value is -2.32. The van der Waals surface area contributed by atoms with E-state index in [2.05, 4.69) is 50.3 Å². The minimum atomic E-state index is 0.526. The third kappa shape index (κ3) is 2.36. The van der Waals surface area contributed by atoms with E-state index in [1.807, 2.05) is 25.3 Å². The number of rotatable bonds is 3. The van der Waals surface area contributed by atoms with Crippen molar-refractivity contribution in [2.75, 3.05) is 5.32 Å². The van der Waals surface area contributed by atoms with E-state index in [4.69, 9.17) is 0 Å². The van der Waals surface area contributed by atoms with Crippen LogP contribution in [0.5, 0.6) is 0 Å². The fraction of sp³-hybridized carbons (Fsp3) is 0.176. The number of anilines is 2. The van der Waals surface area contributed by atoms with Gasteiger partial charge in [-0.3, -0.25) is 4.98 Å². The van der Waals surface area contributed by atoms with Crippen LogP contribution in [0.3, 0.4) is 0 Å². The van der Waals surface area contributed by atoms with Crippen LogP contribution in [0.15, 0.2) is 35.1 Å². The molecular formula is C17H15BrN4. The Morgan fingerprint density at radius 2 is 2.18 bits per heavy atom. The molecule has 4 nitrogen and oxygen atoms in total. The number of hydrogen-bond acceptors (Lipinski definition) is 3. The summed E-state index contributed by atoms with van der Waals surface area (Å²) in [5.74, 6) is 0. The van der Waals surface area contributed by atoms with Crippen LogP contribution in [0.1, 0.15) is 23.7 Å². The summed E-state index contributed by atoms with van der Waals surface area (Å²) in [4.78, 5) is 7.52. The van der Waals surface area contributed by atoms with Gasteiger partial charge in [0.15, 0.2) is 0 Å². The van der Waals surface area contributed by atoms with Crippen molar-refractivity contribution >= 4 is 38.2 Å². The van der Waals surface area contributed by atoms with Gasteiger partial charge in [0.1, 0.15) is 6.07 Å². The highest BCUT2D eigenvalue weighted by Gasteiger charge is 2.14. The zero-order valence-corrected chi connectivity index (χ0v) is 14.0. The number of aromatic amines is 1. The van der Waals surface area contributed by atoms with E-state index in [0.717, 1.165) is 39.0 Å². The van der Waals surface area contributed by atoms with Crippen LogP contribution in [-0.4, -0.2) is 9.97 Å². The number of H-pyrrole nitrogens is 1. The molecular weight excluding hydrogens is 340 g/mol. The summed E-state index contributed by atoms with van der Waals surface area (Å²) in [6.07, 6.45) is 4.35. The Morgan fingerprint density at radius 3 is 2.91 bits per heavy atom. The normalized spacial score (nSPS) is 10.6. The second-order valence-corrected chi connectivity index (χ2v) is 5.87. The van der Waals surface area contributed by atoms with Crippen LogP contribution in [-0.2, 0) is 6.42 Å². The average molecular weight is 355 g/mol. The molecule has 0 aliphatic carbocycles. The maximum Gasteiger partial charge on any atom is 0.103 e. The molecule has 0 unspecified atom stereocenters. The molecule has 0 saturated carbocycles. The van der Waals surface area contributed by atoms with Gasteiger partial charge in [-0.15, -0.1) is 0 Å². The lowest BCUT2D eigenvalue weighted by Crippen LogP contribution is -2.01. The summed E-state index contributed by atoms with van der Waals surface area (Å²) in [7, 11) is 0. The van der Waals surface area contributed by atoms with E-state index in [0.29, 0.717) is 5.56 Å². The van der Waals surface area contributed by atoms with Crippen molar-refractivity contribution in [1.29, 1.82) is 5.26 Å². The highest BCUT2D eigenvalue weighted by Crippen LogP contribution is 2.34. The zero-order chi connectivity index (χ0) is 15.7. The SMILES string of the molecule is CCc1ncc(C#N)c(Nc2ccc3[nH]ccc3c2C)c1Br. The first-order chi connectivity index (χ1) is 10.7. The van der Waals surface area contributed by atoms with Gasteiger partial charge in [0.2, 0.25) is 0 Å². The fourth-order valence-electron chi connectivity index (χ4n) is 2.53. The molecule has 0 atom stereocenters. The summed E-state index contributed by atoms with van der Waals surface area (Å²) >= 11 is 3.58. The summed E-state index contributed by atoms with van der Waals surface area (Å²) < 4.78 is 0.850. The highest BCUT2D eigenvalue weighted by atomic mass is 79.9. The van der Waals surface area contributed by atoms with E-state index >= 15 is 0 Å². The van der Waals surface area contributed by atoms with Gasteiger partial charge >= 0.3 is 0 Å². The van der Waals surface area contributed by atoms with Crippen molar-refractivity contribution in [2.24, 2.45) is 0 Å². The molecule has 3 rings (SSSR count). The molecule has 1 aromatic carbocycles. The summed E-state index contributed by atoms with van der Waals surface area (Å²) in [5, 5.41) is 13.9. The van der Waals surface area contributed by atoms with E-state index in [9.17, 15) is 5.26 Å². The molecule has 3 aromatic rings. The standard InChI is InChI=1S/C17H15BrN4/c1-3-13-16(18)17(11(8-19)9-21-13)22-14-4-5-15-12(10(14)2)6-7-20-15/h4-7,9,20H,3H2,1-2H3,(H,21,22). The van der Waals surface area contributed by atoms with Crippen LogP contribution in [0.2, 0.25) is 0 Å². The number of hydrogen-bond donors (Lipinski definition) is 2. The average Bonchev–Trinajstić information content (AvgIpc) is 3.01. The second kappa shape index (κ2) is 5.82. The van der Waals surface area contributed by atoms with Crippen LogP contribution in [0.25, 0.3) is 10.9 Å². The smallest absolute Gasteiger partial charge is 0.103 e. The number of aromatic nitrogens is 2. The molecule has 0 aliphatic rings. The molecule has 0 radical (unpaired) electrons. The van der Waals surface area contributed by atoms with Gasteiger partial charge in [-0.25, -0.2) is 0 Å². The minimum Gasteiger partial charge on any atom is -0.361 e. The second-order valence-electron chi connectivity index (χ2n) is 5.07. The number of nitrogens with zero attached hydrogens (tertiary/aromatic N) is 2. The lowest BCUT2D eigenvalue weighted by Gasteiger charge is -2.15. The van der Waals surface area contributed by atoms with E-state index in [-0.39, 0.29) is 0 Å². The van der Waals surface area contributed by atoms with Gasteiger partial charge in [0.25, 0.3) is 0 Å². The Balaban J connectivity index is 2.12. The van der Waals surface area contributed by atoms with E-state index in [1.165, 1.54) is 5.39 Å². The Labute approximate surface area is 137 Å². The van der Waals surface area contributed by atoms with Gasteiger partial charge in [0.05, 0.1) is 21.4 Å². The molecule has 0 aliphatic heterocycles. The van der Waals surface area contributed by atoms with Crippen LogP contribution in [0, 0.1) is 18.3 Å². The number of nitrogens with one attached hydrogen (secondary N) is 2. The molecule has 0 amide bonds. The lowest BCUT2D eigenvalue weighted by molar-refractivity contribution is 1.02. The van der Waals surface area contributed by atoms with Gasteiger partial charge in [-0.2, -0.15) is 5.26 Å². The van der Waals surface area contributed by atoms with Crippen molar-refractivity contribution in [3.05, 3.63) is 51.9 Å². The Bertz CT molecular complexity index is 890. The van der Waals surface area contributed by atoms with Crippen molar-refractivity contribution in [3.8, 4) is 6.07 Å². The molecule has 0 bridgehead atoms. The van der Waals surface area contributed by atoms with Gasteiger partial charge in [-0.05, 0) is 53.0 Å². The third-order valence-corrected chi connectivity index (χ3v) is 4.66. The Morgan fingerprint density at radius 1 is 1.36 bits per heavy atom. The quantitative estimate of drug-likeness (QED) is 0.709. The molecule has 2 aromatic heterocycles. The van der Waals surface area contributed by atoms with E-state index < -0.39 is 0 Å². The van der Waals surface area contributed by atoms with Crippen LogP contribution in [0.4, 0.5) is 11.4 Å². The number of halogens is 1. The molecule has 2 heterocycles. The molecule has 2 N–H and O–H groups in total. The van der Waals surface area contributed by atoms with Crippen molar-refractivity contribution in [3.63, 3.8) is 0 Å².